The molecule has 24 heavy (non-hydrogen) atoms. The van der Waals surface area contributed by atoms with Crippen molar-refractivity contribution in [1.29, 1.82) is 0 Å². The Kier molecular flexibility index (Phi) is 4.55. The van der Waals surface area contributed by atoms with Crippen molar-refractivity contribution in [3.63, 3.8) is 0 Å². The zero-order valence-electron chi connectivity index (χ0n) is 14.9. The summed E-state index contributed by atoms with van der Waals surface area (Å²) in [6.07, 6.45) is 13.0. The lowest BCUT2D eigenvalue weighted by atomic mass is 9.46. The van der Waals surface area contributed by atoms with Gasteiger partial charge in [-0.25, -0.2) is 0 Å². The average Bonchev–Trinajstić information content (AvgIpc) is 3.22. The quantitative estimate of drug-likeness (QED) is 0.382. The molecule has 2 spiro atoms. The summed E-state index contributed by atoms with van der Waals surface area (Å²) in [6, 6.07) is 0.613. The largest absolute Gasteiger partial charge is 0.377 e. The first-order chi connectivity index (χ1) is 11.3. The fourth-order valence-corrected chi connectivity index (χ4v) is 6.54. The van der Waals surface area contributed by atoms with Crippen LogP contribution in [0.4, 0.5) is 0 Å². The Morgan fingerprint density at radius 1 is 1.12 bits per heavy atom. The molecular formula is C19H32IN3O. The highest BCUT2D eigenvalue weighted by Gasteiger charge is 2.67. The molecule has 3 aliphatic carbocycles. The summed E-state index contributed by atoms with van der Waals surface area (Å²) in [5.74, 6) is 1.91. The van der Waals surface area contributed by atoms with Crippen LogP contribution in [0, 0.1) is 16.7 Å². The molecule has 136 valence electrons. The van der Waals surface area contributed by atoms with E-state index < -0.39 is 0 Å². The molecule has 0 aromatic rings. The molecule has 3 unspecified atom stereocenters. The molecule has 2 saturated heterocycles. The van der Waals surface area contributed by atoms with E-state index >= 15 is 0 Å². The number of hydrogen-bond donors (Lipinski definition) is 1. The van der Waals surface area contributed by atoms with Crippen molar-refractivity contribution < 1.29 is 4.74 Å². The van der Waals surface area contributed by atoms with Crippen LogP contribution in [-0.2, 0) is 4.74 Å². The molecule has 3 saturated carbocycles. The van der Waals surface area contributed by atoms with Crippen molar-refractivity contribution in [2.24, 2.45) is 21.7 Å². The molecule has 4 nitrogen and oxygen atoms in total. The smallest absolute Gasteiger partial charge is 0.193 e. The summed E-state index contributed by atoms with van der Waals surface area (Å²) in [5.41, 5.74) is 1.06. The maximum absolute atomic E-state index is 6.06. The summed E-state index contributed by atoms with van der Waals surface area (Å²) >= 11 is 0. The number of nitrogens with zero attached hydrogens (tertiary/aromatic N) is 2. The summed E-state index contributed by atoms with van der Waals surface area (Å²) in [4.78, 5) is 7.23. The van der Waals surface area contributed by atoms with Crippen molar-refractivity contribution in [2.45, 2.75) is 69.9 Å². The van der Waals surface area contributed by atoms with Crippen LogP contribution in [0.3, 0.4) is 0 Å². The lowest BCUT2D eigenvalue weighted by Crippen LogP contribution is -2.72. The normalized spacial score (nSPS) is 38.6. The van der Waals surface area contributed by atoms with Crippen molar-refractivity contribution in [2.75, 3.05) is 26.7 Å². The monoisotopic (exact) mass is 445 g/mol. The van der Waals surface area contributed by atoms with Crippen molar-refractivity contribution in [3.8, 4) is 0 Å². The van der Waals surface area contributed by atoms with Crippen LogP contribution in [0.5, 0.6) is 0 Å². The molecule has 0 bridgehead atoms. The Morgan fingerprint density at radius 3 is 2.58 bits per heavy atom. The van der Waals surface area contributed by atoms with Gasteiger partial charge in [0.25, 0.3) is 0 Å². The molecule has 0 aromatic heterocycles. The van der Waals surface area contributed by atoms with Crippen molar-refractivity contribution >= 4 is 29.9 Å². The van der Waals surface area contributed by atoms with Gasteiger partial charge < -0.3 is 15.0 Å². The highest BCUT2D eigenvalue weighted by Crippen LogP contribution is 2.62. The third-order valence-electron chi connectivity index (χ3n) is 7.93. The molecule has 2 heterocycles. The fourth-order valence-electron chi connectivity index (χ4n) is 6.54. The van der Waals surface area contributed by atoms with Crippen LogP contribution in [0.25, 0.3) is 0 Å². The van der Waals surface area contributed by atoms with Gasteiger partial charge in [-0.2, -0.15) is 0 Å². The molecule has 0 aromatic carbocycles. The molecule has 2 aliphatic heterocycles. The summed E-state index contributed by atoms with van der Waals surface area (Å²) in [5, 5.41) is 3.91. The second kappa shape index (κ2) is 6.29. The number of aliphatic imine (C=N–C) groups is 1. The second-order valence-corrected chi connectivity index (χ2v) is 8.88. The third kappa shape index (κ3) is 2.36. The number of halogens is 1. The summed E-state index contributed by atoms with van der Waals surface area (Å²) < 4.78 is 6.06. The highest BCUT2D eigenvalue weighted by atomic mass is 127. The van der Waals surface area contributed by atoms with Crippen molar-refractivity contribution in [1.82, 2.24) is 10.2 Å². The van der Waals surface area contributed by atoms with E-state index in [0.29, 0.717) is 23.0 Å². The van der Waals surface area contributed by atoms with E-state index in [1.807, 2.05) is 7.05 Å². The van der Waals surface area contributed by atoms with Gasteiger partial charge in [0.2, 0.25) is 0 Å². The number of nitrogens with one attached hydrogen (secondary N) is 1. The summed E-state index contributed by atoms with van der Waals surface area (Å²) in [7, 11) is 1.97. The first kappa shape index (κ1) is 17.4. The molecular weight excluding hydrogens is 413 g/mol. The standard InChI is InChI=1S/C19H31N3O.HI/c1-20-17(22-11-10-18(13-22)6-2-3-7-18)21-15-14-5-12-23-16(14)19(15)8-4-9-19;/h14-16H,2-13H2,1H3,(H,20,21);1H. The topological polar surface area (TPSA) is 36.9 Å². The molecule has 5 rings (SSSR count). The number of hydrogen-bond acceptors (Lipinski definition) is 2. The number of rotatable bonds is 1. The maximum atomic E-state index is 6.06. The van der Waals surface area contributed by atoms with Gasteiger partial charge in [-0.3, -0.25) is 4.99 Å². The lowest BCUT2D eigenvalue weighted by molar-refractivity contribution is -0.171. The minimum absolute atomic E-state index is 0. The zero-order chi connectivity index (χ0) is 15.5. The Bertz CT molecular complexity index is 513. The predicted molar refractivity (Wildman–Crippen MR) is 107 cm³/mol. The van der Waals surface area contributed by atoms with E-state index in [0.717, 1.165) is 12.5 Å². The van der Waals surface area contributed by atoms with E-state index in [9.17, 15) is 0 Å². The zero-order valence-corrected chi connectivity index (χ0v) is 17.3. The Morgan fingerprint density at radius 2 is 1.92 bits per heavy atom. The molecule has 3 atom stereocenters. The lowest BCUT2D eigenvalue weighted by Gasteiger charge is -2.63. The van der Waals surface area contributed by atoms with Gasteiger partial charge in [-0.05, 0) is 43.9 Å². The predicted octanol–water partition coefficient (Wildman–Crippen LogP) is 3.40. The van der Waals surface area contributed by atoms with Gasteiger partial charge in [0.05, 0.1) is 6.10 Å². The first-order valence-electron chi connectivity index (χ1n) is 9.86. The van der Waals surface area contributed by atoms with E-state index in [1.54, 1.807) is 0 Å². The van der Waals surface area contributed by atoms with Crippen LogP contribution >= 0.6 is 24.0 Å². The van der Waals surface area contributed by atoms with E-state index in [1.165, 1.54) is 76.8 Å². The second-order valence-electron chi connectivity index (χ2n) is 8.88. The number of likely N-dealkylation sites (tertiary alicyclic amines) is 1. The molecule has 0 amide bonds. The van der Waals surface area contributed by atoms with Gasteiger partial charge in [0, 0.05) is 44.1 Å². The van der Waals surface area contributed by atoms with Gasteiger partial charge in [-0.1, -0.05) is 19.3 Å². The van der Waals surface area contributed by atoms with Crippen LogP contribution in [0.1, 0.15) is 57.8 Å². The van der Waals surface area contributed by atoms with Gasteiger partial charge in [0.15, 0.2) is 5.96 Å². The first-order valence-corrected chi connectivity index (χ1v) is 9.86. The third-order valence-corrected chi connectivity index (χ3v) is 7.93. The maximum Gasteiger partial charge on any atom is 0.193 e. The van der Waals surface area contributed by atoms with Gasteiger partial charge >= 0.3 is 0 Å². The minimum Gasteiger partial charge on any atom is -0.377 e. The van der Waals surface area contributed by atoms with Gasteiger partial charge in [-0.15, -0.1) is 24.0 Å². The van der Waals surface area contributed by atoms with Crippen LogP contribution in [0.15, 0.2) is 4.99 Å². The SMILES string of the molecule is CN=C(NC1C2CCOC2C12CCC2)N1CCC2(CCCC2)C1.I. The van der Waals surface area contributed by atoms with Crippen LogP contribution in [0.2, 0.25) is 0 Å². The van der Waals surface area contributed by atoms with Gasteiger partial charge in [0.1, 0.15) is 0 Å². The van der Waals surface area contributed by atoms with E-state index in [-0.39, 0.29) is 24.0 Å². The molecule has 5 fully saturated rings. The molecule has 0 radical (unpaired) electrons. The summed E-state index contributed by atoms with van der Waals surface area (Å²) in [6.45, 7) is 3.40. The van der Waals surface area contributed by atoms with E-state index in [4.69, 9.17) is 4.74 Å². The Hall–Kier alpha value is -0.0400. The number of ether oxygens (including phenoxy) is 1. The average molecular weight is 445 g/mol. The van der Waals surface area contributed by atoms with Crippen molar-refractivity contribution in [3.05, 3.63) is 0 Å². The molecule has 5 aliphatic rings. The van der Waals surface area contributed by atoms with Crippen LogP contribution < -0.4 is 5.32 Å². The minimum atomic E-state index is 0. The number of fused-ring (bicyclic) bond motifs is 2. The Balaban J connectivity index is 0.00000146. The number of guanidine groups is 1. The Labute approximate surface area is 163 Å². The fraction of sp³-hybridized carbons (Fsp3) is 0.947. The van der Waals surface area contributed by atoms with E-state index in [2.05, 4.69) is 15.2 Å². The van der Waals surface area contributed by atoms with Crippen LogP contribution in [-0.4, -0.2) is 49.7 Å². The molecule has 5 heteroatoms. The molecule has 1 N–H and O–H groups in total. The highest BCUT2D eigenvalue weighted by molar-refractivity contribution is 14.0.